The Morgan fingerprint density at radius 1 is 1.00 bits per heavy atom. The lowest BCUT2D eigenvalue weighted by molar-refractivity contribution is -0.143. The van der Waals surface area contributed by atoms with E-state index in [0.717, 1.165) is 12.8 Å². The van der Waals surface area contributed by atoms with Crippen molar-refractivity contribution in [1.29, 1.82) is 0 Å². The molecule has 0 radical (unpaired) electrons. The third kappa shape index (κ3) is 9.40. The van der Waals surface area contributed by atoms with Gasteiger partial charge in [-0.2, -0.15) is 0 Å². The van der Waals surface area contributed by atoms with Gasteiger partial charge in [0.15, 0.2) is 0 Å². The van der Waals surface area contributed by atoms with Gasteiger partial charge < -0.3 is 27.2 Å². The number of nitrogens with one attached hydrogen (secondary N) is 2. The molecule has 8 heteroatoms. The summed E-state index contributed by atoms with van der Waals surface area (Å²) in [6.07, 6.45) is 2.41. The van der Waals surface area contributed by atoms with Crippen molar-refractivity contribution >= 4 is 17.8 Å². The van der Waals surface area contributed by atoms with Crippen molar-refractivity contribution in [1.82, 2.24) is 10.6 Å². The molecule has 0 aromatic rings. The lowest BCUT2D eigenvalue weighted by Crippen LogP contribution is -2.55. The van der Waals surface area contributed by atoms with Crippen LogP contribution in [0.15, 0.2) is 0 Å². The van der Waals surface area contributed by atoms with Gasteiger partial charge in [-0.3, -0.25) is 9.59 Å². The van der Waals surface area contributed by atoms with Crippen LogP contribution in [0.25, 0.3) is 0 Å². The molecule has 25 heavy (non-hydrogen) atoms. The highest BCUT2D eigenvalue weighted by molar-refractivity contribution is 5.91. The quantitative estimate of drug-likeness (QED) is 0.315. The van der Waals surface area contributed by atoms with Gasteiger partial charge in [-0.25, -0.2) is 4.79 Å². The number of carboxylic acids is 1. The zero-order valence-electron chi connectivity index (χ0n) is 15.7. The first-order valence-electron chi connectivity index (χ1n) is 8.89. The van der Waals surface area contributed by atoms with Crippen LogP contribution in [-0.2, 0) is 14.4 Å². The topological polar surface area (TPSA) is 148 Å². The van der Waals surface area contributed by atoms with Gasteiger partial charge in [0.2, 0.25) is 11.8 Å². The molecule has 0 aliphatic carbocycles. The predicted molar refractivity (Wildman–Crippen MR) is 96.7 cm³/mol. The van der Waals surface area contributed by atoms with Crippen LogP contribution >= 0.6 is 0 Å². The fourth-order valence-electron chi connectivity index (χ4n) is 2.39. The second-order valence-corrected chi connectivity index (χ2v) is 7.15. The maximum absolute atomic E-state index is 12.5. The zero-order chi connectivity index (χ0) is 19.6. The summed E-state index contributed by atoms with van der Waals surface area (Å²) in [5.74, 6) is -2.13. The van der Waals surface area contributed by atoms with E-state index in [2.05, 4.69) is 10.6 Å². The molecule has 0 rings (SSSR count). The molecule has 0 bridgehead atoms. The molecule has 0 saturated heterocycles. The first-order valence-corrected chi connectivity index (χ1v) is 8.89. The number of hydrogen-bond donors (Lipinski definition) is 5. The van der Waals surface area contributed by atoms with Crippen LogP contribution in [0.5, 0.6) is 0 Å². The van der Waals surface area contributed by atoms with Crippen molar-refractivity contribution < 1.29 is 19.5 Å². The van der Waals surface area contributed by atoms with E-state index >= 15 is 0 Å². The van der Waals surface area contributed by atoms with Crippen LogP contribution in [-0.4, -0.2) is 47.6 Å². The average Bonchev–Trinajstić information content (AvgIpc) is 2.50. The number of nitrogens with two attached hydrogens (primary N) is 2. The number of amides is 2. The van der Waals surface area contributed by atoms with Crippen molar-refractivity contribution in [3.63, 3.8) is 0 Å². The number of carboxylic acid groups (broad SMARTS) is 1. The lowest BCUT2D eigenvalue weighted by atomic mass is 10.00. The normalized spacial score (nSPS) is 14.9. The van der Waals surface area contributed by atoms with Gasteiger partial charge in [-0.15, -0.1) is 0 Å². The molecule has 0 spiro atoms. The maximum Gasteiger partial charge on any atom is 0.326 e. The summed E-state index contributed by atoms with van der Waals surface area (Å²) in [6, 6.07) is -2.53. The zero-order valence-corrected chi connectivity index (χ0v) is 15.7. The van der Waals surface area contributed by atoms with E-state index in [9.17, 15) is 19.5 Å². The smallest absolute Gasteiger partial charge is 0.326 e. The van der Waals surface area contributed by atoms with Gasteiger partial charge in [0.25, 0.3) is 0 Å². The fourth-order valence-corrected chi connectivity index (χ4v) is 2.39. The Morgan fingerprint density at radius 2 is 1.60 bits per heavy atom. The van der Waals surface area contributed by atoms with Crippen LogP contribution < -0.4 is 22.1 Å². The molecule has 7 N–H and O–H groups in total. The molecule has 3 atom stereocenters. The minimum absolute atomic E-state index is 0.145. The van der Waals surface area contributed by atoms with Crippen molar-refractivity contribution in [2.45, 2.75) is 71.5 Å². The summed E-state index contributed by atoms with van der Waals surface area (Å²) in [6.45, 7) is 7.80. The SMILES string of the molecule is CC(C)CC(NC(=O)C(N)CCCCN)C(=O)NC(C(=O)O)C(C)C. The van der Waals surface area contributed by atoms with Crippen LogP contribution in [0, 0.1) is 11.8 Å². The molecule has 8 nitrogen and oxygen atoms in total. The molecule has 3 unspecified atom stereocenters. The van der Waals surface area contributed by atoms with Crippen LogP contribution in [0.4, 0.5) is 0 Å². The second-order valence-electron chi connectivity index (χ2n) is 7.15. The van der Waals surface area contributed by atoms with E-state index < -0.39 is 35.9 Å². The second kappa shape index (κ2) is 11.8. The number of rotatable bonds is 12. The highest BCUT2D eigenvalue weighted by Crippen LogP contribution is 2.09. The van der Waals surface area contributed by atoms with Gasteiger partial charge >= 0.3 is 5.97 Å². The maximum atomic E-state index is 12.5. The molecule has 0 aromatic heterocycles. The third-order valence-corrected chi connectivity index (χ3v) is 3.88. The van der Waals surface area contributed by atoms with E-state index in [1.807, 2.05) is 13.8 Å². The van der Waals surface area contributed by atoms with Crippen LogP contribution in [0.3, 0.4) is 0 Å². The standard InChI is InChI=1S/C17H34N4O4/c1-10(2)9-13(16(23)21-14(11(3)4)17(24)25)20-15(22)12(19)7-5-6-8-18/h10-14H,5-9,18-19H2,1-4H3,(H,20,22)(H,21,23)(H,24,25). The largest absolute Gasteiger partial charge is 0.480 e. The van der Waals surface area contributed by atoms with Gasteiger partial charge in [0, 0.05) is 0 Å². The molecule has 0 aliphatic rings. The Hall–Kier alpha value is -1.67. The first kappa shape index (κ1) is 23.3. The highest BCUT2D eigenvalue weighted by Gasteiger charge is 2.29. The number of hydrogen-bond acceptors (Lipinski definition) is 5. The minimum Gasteiger partial charge on any atom is -0.480 e. The molecule has 0 aliphatic heterocycles. The summed E-state index contributed by atoms with van der Waals surface area (Å²) in [4.78, 5) is 36.0. The van der Waals surface area contributed by atoms with Crippen LogP contribution in [0.1, 0.15) is 53.4 Å². The molecule has 2 amide bonds. The Morgan fingerprint density at radius 3 is 2.04 bits per heavy atom. The molecule has 146 valence electrons. The lowest BCUT2D eigenvalue weighted by Gasteiger charge is -2.25. The minimum atomic E-state index is -1.10. The number of aliphatic carboxylic acids is 1. The highest BCUT2D eigenvalue weighted by atomic mass is 16.4. The summed E-state index contributed by atoms with van der Waals surface area (Å²) in [5.41, 5.74) is 11.3. The van der Waals surface area contributed by atoms with Crippen molar-refractivity contribution in [3.8, 4) is 0 Å². The van der Waals surface area contributed by atoms with E-state index in [-0.39, 0.29) is 11.8 Å². The molecular formula is C17H34N4O4. The van der Waals surface area contributed by atoms with E-state index in [1.165, 1.54) is 0 Å². The number of carbonyl (C=O) groups excluding carboxylic acids is 2. The third-order valence-electron chi connectivity index (χ3n) is 3.88. The summed E-state index contributed by atoms with van der Waals surface area (Å²) < 4.78 is 0. The molecule has 0 fully saturated rings. The monoisotopic (exact) mass is 358 g/mol. The number of carbonyl (C=O) groups is 3. The average molecular weight is 358 g/mol. The van der Waals surface area contributed by atoms with Gasteiger partial charge in [0.1, 0.15) is 12.1 Å². The van der Waals surface area contributed by atoms with Crippen molar-refractivity contribution in [2.75, 3.05) is 6.54 Å². The fraction of sp³-hybridized carbons (Fsp3) is 0.824. The Labute approximate surface area is 150 Å². The number of unbranched alkanes of at least 4 members (excludes halogenated alkanes) is 1. The van der Waals surface area contributed by atoms with Gasteiger partial charge in [0.05, 0.1) is 6.04 Å². The van der Waals surface area contributed by atoms with E-state index in [0.29, 0.717) is 19.4 Å². The molecule has 0 saturated carbocycles. The Bertz CT molecular complexity index is 440. The molecule has 0 heterocycles. The van der Waals surface area contributed by atoms with Crippen LogP contribution in [0.2, 0.25) is 0 Å². The summed E-state index contributed by atoms with van der Waals surface area (Å²) in [7, 11) is 0. The van der Waals surface area contributed by atoms with E-state index in [4.69, 9.17) is 11.5 Å². The molecular weight excluding hydrogens is 324 g/mol. The summed E-state index contributed by atoms with van der Waals surface area (Å²) in [5, 5.41) is 14.4. The summed E-state index contributed by atoms with van der Waals surface area (Å²) >= 11 is 0. The Kier molecular flexibility index (Phi) is 11.0. The van der Waals surface area contributed by atoms with Gasteiger partial charge in [-0.05, 0) is 37.6 Å². The predicted octanol–water partition coefficient (Wildman–Crippen LogP) is 0.199. The van der Waals surface area contributed by atoms with Gasteiger partial charge in [-0.1, -0.05) is 34.1 Å². The first-order chi connectivity index (χ1) is 11.6. The Balaban J connectivity index is 4.90. The van der Waals surface area contributed by atoms with Crippen molar-refractivity contribution in [3.05, 3.63) is 0 Å². The molecule has 0 aromatic carbocycles. The van der Waals surface area contributed by atoms with E-state index in [1.54, 1.807) is 13.8 Å². The van der Waals surface area contributed by atoms with Crippen molar-refractivity contribution in [2.24, 2.45) is 23.3 Å².